The number of esters is 1. The molecule has 4 aromatic rings. The summed E-state index contributed by atoms with van der Waals surface area (Å²) in [7, 11) is 0. The summed E-state index contributed by atoms with van der Waals surface area (Å²) in [5, 5.41) is 0.687. The first-order chi connectivity index (χ1) is 18.4. The molecule has 0 radical (unpaired) electrons. The van der Waals surface area contributed by atoms with Crippen molar-refractivity contribution in [3.05, 3.63) is 104 Å². The van der Waals surface area contributed by atoms with E-state index in [0.717, 1.165) is 12.8 Å². The minimum atomic E-state index is -0.777. The number of benzene rings is 3. The topological polar surface area (TPSA) is 86.0 Å². The molecule has 0 aliphatic carbocycles. The van der Waals surface area contributed by atoms with E-state index in [0.29, 0.717) is 39.6 Å². The van der Waals surface area contributed by atoms with Crippen LogP contribution in [0.5, 0.6) is 5.75 Å². The third-order valence-electron chi connectivity index (χ3n) is 6.43. The highest BCUT2D eigenvalue weighted by Gasteiger charge is 2.43. The highest BCUT2D eigenvalue weighted by atomic mass is 35.5. The Kier molecular flexibility index (Phi) is 7.20. The van der Waals surface area contributed by atoms with Gasteiger partial charge in [0, 0.05) is 10.7 Å². The predicted octanol–water partition coefficient (Wildman–Crippen LogP) is 6.55. The van der Waals surface area contributed by atoms with Gasteiger partial charge in [-0.3, -0.25) is 14.5 Å². The highest BCUT2D eigenvalue weighted by Crippen LogP contribution is 2.42. The Labute approximate surface area is 224 Å². The Bertz CT molecular complexity index is 1580. The van der Waals surface area contributed by atoms with Crippen LogP contribution in [0.3, 0.4) is 0 Å². The molecule has 1 aromatic heterocycles. The molecule has 3 aromatic carbocycles. The van der Waals surface area contributed by atoms with E-state index < -0.39 is 17.9 Å². The van der Waals surface area contributed by atoms with Gasteiger partial charge in [-0.1, -0.05) is 37.1 Å². The number of carbonyl (C=O) groups excluding carboxylic acids is 2. The Morgan fingerprint density at radius 1 is 1.03 bits per heavy atom. The number of nitrogens with zero attached hydrogens (tertiary/aromatic N) is 1. The third-order valence-corrected chi connectivity index (χ3v) is 6.66. The molecule has 194 valence electrons. The summed E-state index contributed by atoms with van der Waals surface area (Å²) in [5.41, 5.74) is 1.72. The van der Waals surface area contributed by atoms with Crippen molar-refractivity contribution < 1.29 is 23.5 Å². The molecule has 2 heterocycles. The number of amides is 1. The van der Waals surface area contributed by atoms with Gasteiger partial charge in [0.15, 0.2) is 5.43 Å². The van der Waals surface area contributed by atoms with Crippen LogP contribution in [0.2, 0.25) is 5.02 Å². The fraction of sp³-hybridized carbons (Fsp3) is 0.233. The molecule has 1 amide bonds. The standard InChI is InChI=1S/C30H26ClNO6/c1-3-5-15-37-22-8-6-7-19(16-22)26-25-27(33)23-17-20(31)11-14-24(23)38-28(25)29(34)32(26)21-12-9-18(10-13-21)30(35)36-4-2/h6-14,16-17,26H,3-5,15H2,1-2H3. The first kappa shape index (κ1) is 25.5. The second kappa shape index (κ2) is 10.7. The van der Waals surface area contributed by atoms with E-state index in [-0.39, 0.29) is 28.9 Å². The predicted molar refractivity (Wildman–Crippen MR) is 145 cm³/mol. The van der Waals surface area contributed by atoms with Crippen LogP contribution < -0.4 is 15.1 Å². The van der Waals surface area contributed by atoms with Crippen LogP contribution in [0.1, 0.15) is 64.8 Å². The summed E-state index contributed by atoms with van der Waals surface area (Å²) < 4.78 is 17.0. The Morgan fingerprint density at radius 3 is 2.55 bits per heavy atom. The minimum Gasteiger partial charge on any atom is -0.494 e. The summed E-state index contributed by atoms with van der Waals surface area (Å²) in [5.74, 6) is -0.298. The lowest BCUT2D eigenvalue weighted by molar-refractivity contribution is 0.0526. The summed E-state index contributed by atoms with van der Waals surface area (Å²) in [6.07, 6.45) is 1.90. The smallest absolute Gasteiger partial charge is 0.338 e. The Hall–Kier alpha value is -4.10. The van der Waals surface area contributed by atoms with Crippen molar-refractivity contribution in [1.29, 1.82) is 0 Å². The lowest BCUT2D eigenvalue weighted by Crippen LogP contribution is -2.29. The zero-order valence-electron chi connectivity index (χ0n) is 21.0. The van der Waals surface area contributed by atoms with Crippen LogP contribution in [0.4, 0.5) is 5.69 Å². The van der Waals surface area contributed by atoms with Gasteiger partial charge >= 0.3 is 5.97 Å². The van der Waals surface area contributed by atoms with Gasteiger partial charge in [0.05, 0.1) is 35.8 Å². The molecule has 0 saturated carbocycles. The Balaban J connectivity index is 1.66. The molecular weight excluding hydrogens is 506 g/mol. The van der Waals surface area contributed by atoms with E-state index in [2.05, 4.69) is 6.92 Å². The van der Waals surface area contributed by atoms with Crippen molar-refractivity contribution in [2.45, 2.75) is 32.7 Å². The van der Waals surface area contributed by atoms with E-state index in [1.54, 1.807) is 49.4 Å². The number of ether oxygens (including phenoxy) is 2. The highest BCUT2D eigenvalue weighted by molar-refractivity contribution is 6.31. The quantitative estimate of drug-likeness (QED) is 0.189. The number of unbranched alkanes of at least 4 members (excludes halogenated alkanes) is 1. The van der Waals surface area contributed by atoms with Crippen molar-refractivity contribution in [3.8, 4) is 5.75 Å². The van der Waals surface area contributed by atoms with Crippen LogP contribution in [0, 0.1) is 0 Å². The lowest BCUT2D eigenvalue weighted by atomic mass is 9.98. The van der Waals surface area contributed by atoms with Gasteiger partial charge in [-0.25, -0.2) is 4.79 Å². The lowest BCUT2D eigenvalue weighted by Gasteiger charge is -2.25. The molecule has 1 aliphatic heterocycles. The monoisotopic (exact) mass is 531 g/mol. The van der Waals surface area contributed by atoms with Crippen molar-refractivity contribution in [2.75, 3.05) is 18.1 Å². The van der Waals surface area contributed by atoms with Gasteiger partial charge in [-0.05, 0) is 73.5 Å². The van der Waals surface area contributed by atoms with Crippen molar-refractivity contribution >= 4 is 40.1 Å². The fourth-order valence-corrected chi connectivity index (χ4v) is 4.78. The molecular formula is C30H26ClNO6. The number of hydrogen-bond donors (Lipinski definition) is 0. The molecule has 1 unspecified atom stereocenters. The Morgan fingerprint density at radius 2 is 1.82 bits per heavy atom. The molecule has 0 saturated heterocycles. The molecule has 1 aliphatic rings. The number of hydrogen-bond acceptors (Lipinski definition) is 6. The molecule has 0 spiro atoms. The second-order valence-electron chi connectivity index (χ2n) is 8.93. The van der Waals surface area contributed by atoms with Crippen LogP contribution in [-0.4, -0.2) is 25.1 Å². The van der Waals surface area contributed by atoms with E-state index in [1.807, 2.05) is 24.3 Å². The summed E-state index contributed by atoms with van der Waals surface area (Å²) in [6, 6.07) is 17.8. The molecule has 7 nitrogen and oxygen atoms in total. The van der Waals surface area contributed by atoms with Crippen LogP contribution in [-0.2, 0) is 4.74 Å². The van der Waals surface area contributed by atoms with Crippen molar-refractivity contribution in [1.82, 2.24) is 0 Å². The van der Waals surface area contributed by atoms with Crippen LogP contribution in [0.15, 0.2) is 75.9 Å². The minimum absolute atomic E-state index is 0.0263. The number of fused-ring (bicyclic) bond motifs is 2. The maximum atomic E-state index is 13.8. The number of rotatable bonds is 8. The largest absolute Gasteiger partial charge is 0.494 e. The summed E-state index contributed by atoms with van der Waals surface area (Å²) in [6.45, 7) is 4.63. The number of anilines is 1. The maximum absolute atomic E-state index is 13.8. The van der Waals surface area contributed by atoms with E-state index in [4.69, 9.17) is 25.5 Å². The third kappa shape index (κ3) is 4.65. The first-order valence-electron chi connectivity index (χ1n) is 12.5. The zero-order chi connectivity index (χ0) is 26.8. The first-order valence-corrected chi connectivity index (χ1v) is 12.9. The molecule has 8 heteroatoms. The molecule has 1 atom stereocenters. The normalized spacial score (nSPS) is 14.6. The van der Waals surface area contributed by atoms with Crippen LogP contribution >= 0.6 is 11.6 Å². The zero-order valence-corrected chi connectivity index (χ0v) is 21.8. The summed E-state index contributed by atoms with van der Waals surface area (Å²) >= 11 is 6.18. The van der Waals surface area contributed by atoms with E-state index >= 15 is 0 Å². The van der Waals surface area contributed by atoms with Gasteiger partial charge in [0.25, 0.3) is 5.91 Å². The second-order valence-corrected chi connectivity index (χ2v) is 9.37. The number of halogens is 1. The van der Waals surface area contributed by atoms with Gasteiger partial charge in [-0.2, -0.15) is 0 Å². The molecule has 0 N–H and O–H groups in total. The van der Waals surface area contributed by atoms with Crippen molar-refractivity contribution in [3.63, 3.8) is 0 Å². The van der Waals surface area contributed by atoms with Crippen molar-refractivity contribution in [2.24, 2.45) is 0 Å². The maximum Gasteiger partial charge on any atom is 0.338 e. The van der Waals surface area contributed by atoms with Gasteiger partial charge in [0.1, 0.15) is 11.3 Å². The molecule has 5 rings (SSSR count). The molecule has 0 bridgehead atoms. The van der Waals surface area contributed by atoms with E-state index in [9.17, 15) is 14.4 Å². The van der Waals surface area contributed by atoms with Crippen LogP contribution in [0.25, 0.3) is 11.0 Å². The van der Waals surface area contributed by atoms with Gasteiger partial charge < -0.3 is 13.9 Å². The van der Waals surface area contributed by atoms with Gasteiger partial charge in [-0.15, -0.1) is 0 Å². The van der Waals surface area contributed by atoms with Gasteiger partial charge in [0.2, 0.25) is 5.76 Å². The number of carbonyl (C=O) groups is 2. The molecule has 0 fully saturated rings. The van der Waals surface area contributed by atoms with E-state index in [1.165, 1.54) is 4.90 Å². The summed E-state index contributed by atoms with van der Waals surface area (Å²) in [4.78, 5) is 41.3. The average molecular weight is 532 g/mol. The SMILES string of the molecule is CCCCOc1cccc(C2c3c(oc4ccc(Cl)cc4c3=O)C(=O)N2c2ccc(C(=O)OCC)cc2)c1. The fourth-order valence-electron chi connectivity index (χ4n) is 4.61. The molecule has 38 heavy (non-hydrogen) atoms. The average Bonchev–Trinajstić information content (AvgIpc) is 3.22.